The predicted octanol–water partition coefficient (Wildman–Crippen LogP) is 10.5. The van der Waals surface area contributed by atoms with E-state index in [1.54, 1.807) is 17.5 Å². The van der Waals surface area contributed by atoms with Crippen molar-refractivity contribution in [1.82, 2.24) is 29.3 Å². The number of benzene rings is 5. The standard InChI is InChI=1S/C42H26N6S/c1-2-13-28(14-3-1)47-35-21-6-4-15-29(35)30-17-8-19-33(40(30)47)42-46-45-41(49-42)32-18-9-23-37-39(32)31-16-5-7-22-36(31)48(37)38-24-10-20-34(44-38)27-12-11-25-43-26-27/h1-26H. The van der Waals surface area contributed by atoms with Crippen LogP contribution in [-0.4, -0.2) is 29.3 Å². The Morgan fingerprint density at radius 1 is 0.490 bits per heavy atom. The van der Waals surface area contributed by atoms with Crippen molar-refractivity contribution in [3.05, 3.63) is 158 Å². The molecule has 10 aromatic rings. The highest BCUT2D eigenvalue weighted by molar-refractivity contribution is 7.18. The van der Waals surface area contributed by atoms with E-state index in [1.807, 2.05) is 24.4 Å². The fourth-order valence-corrected chi connectivity index (χ4v) is 8.05. The maximum absolute atomic E-state index is 5.11. The van der Waals surface area contributed by atoms with E-state index in [2.05, 4.69) is 142 Å². The summed E-state index contributed by atoms with van der Waals surface area (Å²) < 4.78 is 4.59. The number of rotatable bonds is 5. The number of para-hydroxylation sites is 4. The summed E-state index contributed by atoms with van der Waals surface area (Å²) >= 11 is 1.63. The summed E-state index contributed by atoms with van der Waals surface area (Å²) in [4.78, 5) is 9.42. The van der Waals surface area contributed by atoms with Crippen molar-refractivity contribution in [1.29, 1.82) is 0 Å². The first-order chi connectivity index (χ1) is 24.3. The average molecular weight is 647 g/mol. The van der Waals surface area contributed by atoms with Gasteiger partial charge >= 0.3 is 0 Å². The Morgan fingerprint density at radius 2 is 1.16 bits per heavy atom. The Hall–Kier alpha value is -6.44. The molecule has 230 valence electrons. The minimum atomic E-state index is 0.850. The molecule has 0 spiro atoms. The van der Waals surface area contributed by atoms with Crippen LogP contribution in [0.25, 0.3) is 87.5 Å². The van der Waals surface area contributed by atoms with Gasteiger partial charge in [0.05, 0.1) is 27.8 Å². The number of aromatic nitrogens is 6. The van der Waals surface area contributed by atoms with Crippen LogP contribution >= 0.6 is 11.3 Å². The molecule has 0 radical (unpaired) electrons. The van der Waals surface area contributed by atoms with E-state index < -0.39 is 0 Å². The minimum absolute atomic E-state index is 0.850. The van der Waals surface area contributed by atoms with Gasteiger partial charge in [0.15, 0.2) is 0 Å². The Labute approximate surface area is 285 Å². The van der Waals surface area contributed by atoms with E-state index >= 15 is 0 Å². The third kappa shape index (κ3) is 4.33. The van der Waals surface area contributed by atoms with Crippen molar-refractivity contribution in [2.75, 3.05) is 0 Å². The maximum Gasteiger partial charge on any atom is 0.150 e. The van der Waals surface area contributed by atoms with Crippen LogP contribution < -0.4 is 0 Å². The molecule has 5 aromatic heterocycles. The molecule has 0 N–H and O–H groups in total. The molecule has 6 nitrogen and oxygen atoms in total. The molecule has 0 aliphatic carbocycles. The topological polar surface area (TPSA) is 61.4 Å². The minimum Gasteiger partial charge on any atom is -0.309 e. The number of nitrogens with zero attached hydrogens (tertiary/aromatic N) is 6. The van der Waals surface area contributed by atoms with E-state index in [0.29, 0.717) is 0 Å². The lowest BCUT2D eigenvalue weighted by atomic mass is 10.1. The van der Waals surface area contributed by atoms with E-state index in [-0.39, 0.29) is 0 Å². The molecule has 0 amide bonds. The molecular formula is C42H26N6S. The van der Waals surface area contributed by atoms with Gasteiger partial charge in [-0.15, -0.1) is 10.2 Å². The highest BCUT2D eigenvalue weighted by atomic mass is 32.1. The second-order valence-corrected chi connectivity index (χ2v) is 13.0. The van der Waals surface area contributed by atoms with Crippen molar-refractivity contribution < 1.29 is 0 Å². The van der Waals surface area contributed by atoms with Gasteiger partial charge in [0, 0.05) is 56.3 Å². The maximum atomic E-state index is 5.11. The monoisotopic (exact) mass is 646 g/mol. The fraction of sp³-hybridized carbons (Fsp3) is 0. The lowest BCUT2D eigenvalue weighted by molar-refractivity contribution is 1.08. The van der Waals surface area contributed by atoms with Crippen molar-refractivity contribution >= 4 is 54.9 Å². The number of fused-ring (bicyclic) bond motifs is 6. The number of hydrogen-bond acceptors (Lipinski definition) is 5. The van der Waals surface area contributed by atoms with E-state index in [1.165, 1.54) is 16.3 Å². The zero-order chi connectivity index (χ0) is 32.3. The van der Waals surface area contributed by atoms with Crippen LogP contribution in [-0.2, 0) is 0 Å². The first-order valence-corrected chi connectivity index (χ1v) is 17.0. The molecule has 0 aliphatic heterocycles. The molecule has 0 saturated heterocycles. The lowest BCUT2D eigenvalue weighted by Crippen LogP contribution is -1.98. The van der Waals surface area contributed by atoms with Crippen LogP contribution in [0.1, 0.15) is 0 Å². The van der Waals surface area contributed by atoms with Crippen LogP contribution in [0.4, 0.5) is 0 Å². The molecule has 0 saturated carbocycles. The first kappa shape index (κ1) is 27.7. The largest absolute Gasteiger partial charge is 0.309 e. The first-order valence-electron chi connectivity index (χ1n) is 16.2. The van der Waals surface area contributed by atoms with Gasteiger partial charge in [0.1, 0.15) is 15.8 Å². The number of hydrogen-bond donors (Lipinski definition) is 0. The Bertz CT molecular complexity index is 2830. The molecule has 0 fully saturated rings. The van der Waals surface area contributed by atoms with Crippen molar-refractivity contribution in [2.45, 2.75) is 0 Å². The molecule has 0 unspecified atom stereocenters. The van der Waals surface area contributed by atoms with Crippen LogP contribution in [0.2, 0.25) is 0 Å². The predicted molar refractivity (Wildman–Crippen MR) is 200 cm³/mol. The van der Waals surface area contributed by atoms with Crippen molar-refractivity contribution in [2.24, 2.45) is 0 Å². The van der Waals surface area contributed by atoms with Crippen LogP contribution in [0.3, 0.4) is 0 Å². The Kier molecular flexibility index (Phi) is 6.25. The van der Waals surface area contributed by atoms with E-state index in [0.717, 1.165) is 71.2 Å². The SMILES string of the molecule is c1ccc(-n2c3ccccc3c3cccc(-c4nnc(-c5cccc6c5c5ccccc5n6-c5cccc(-c6cccnc6)n5)s4)c32)cc1. The third-order valence-electron chi connectivity index (χ3n) is 9.21. The van der Waals surface area contributed by atoms with Crippen molar-refractivity contribution in [3.8, 4) is 43.9 Å². The van der Waals surface area contributed by atoms with Crippen LogP contribution in [0.15, 0.2) is 158 Å². The smallest absolute Gasteiger partial charge is 0.150 e. The van der Waals surface area contributed by atoms with Crippen LogP contribution in [0, 0.1) is 0 Å². The van der Waals surface area contributed by atoms with Gasteiger partial charge in [0.2, 0.25) is 0 Å². The molecule has 49 heavy (non-hydrogen) atoms. The molecule has 5 aromatic carbocycles. The van der Waals surface area contributed by atoms with Gasteiger partial charge < -0.3 is 4.57 Å². The quantitative estimate of drug-likeness (QED) is 0.187. The molecule has 10 rings (SSSR count). The summed E-state index contributed by atoms with van der Waals surface area (Å²) in [7, 11) is 0. The summed E-state index contributed by atoms with van der Waals surface area (Å²) in [6.45, 7) is 0. The summed E-state index contributed by atoms with van der Waals surface area (Å²) in [6.07, 6.45) is 3.63. The summed E-state index contributed by atoms with van der Waals surface area (Å²) in [5.41, 5.74) is 9.54. The third-order valence-corrected chi connectivity index (χ3v) is 10.2. The van der Waals surface area contributed by atoms with Crippen LogP contribution in [0.5, 0.6) is 0 Å². The summed E-state index contributed by atoms with van der Waals surface area (Å²) in [5.74, 6) is 0.850. The lowest BCUT2D eigenvalue weighted by Gasteiger charge is -2.10. The van der Waals surface area contributed by atoms with Gasteiger partial charge in [-0.3, -0.25) is 9.55 Å². The van der Waals surface area contributed by atoms with Crippen molar-refractivity contribution in [3.63, 3.8) is 0 Å². The molecule has 0 bridgehead atoms. The summed E-state index contributed by atoms with van der Waals surface area (Å²) in [6, 6.07) is 50.7. The highest BCUT2D eigenvalue weighted by Gasteiger charge is 2.22. The molecule has 0 atom stereocenters. The molecular weight excluding hydrogens is 621 g/mol. The second kappa shape index (κ2) is 11.1. The van der Waals surface area contributed by atoms with Gasteiger partial charge in [0.25, 0.3) is 0 Å². The molecule has 0 aliphatic rings. The normalized spacial score (nSPS) is 11.7. The van der Waals surface area contributed by atoms with Gasteiger partial charge in [-0.05, 0) is 60.7 Å². The molecule has 5 heterocycles. The van der Waals surface area contributed by atoms with Gasteiger partial charge in [-0.25, -0.2) is 4.98 Å². The second-order valence-electron chi connectivity index (χ2n) is 12.0. The van der Waals surface area contributed by atoms with E-state index in [4.69, 9.17) is 15.2 Å². The highest BCUT2D eigenvalue weighted by Crippen LogP contribution is 2.43. The fourth-order valence-electron chi connectivity index (χ4n) is 7.14. The zero-order valence-electron chi connectivity index (χ0n) is 26.1. The van der Waals surface area contributed by atoms with E-state index in [9.17, 15) is 0 Å². The van der Waals surface area contributed by atoms with Gasteiger partial charge in [-0.2, -0.15) is 0 Å². The summed E-state index contributed by atoms with van der Waals surface area (Å²) in [5, 5.41) is 16.1. The average Bonchev–Trinajstić information content (AvgIpc) is 3.89. The Morgan fingerprint density at radius 3 is 2.00 bits per heavy atom. The molecule has 7 heteroatoms. The Balaban J connectivity index is 1.17. The van der Waals surface area contributed by atoms with Gasteiger partial charge in [-0.1, -0.05) is 96.3 Å². The number of pyridine rings is 2. The zero-order valence-corrected chi connectivity index (χ0v) is 26.9.